The lowest BCUT2D eigenvalue weighted by Gasteiger charge is -2.18. The lowest BCUT2D eigenvalue weighted by atomic mass is 9.98. The van der Waals surface area contributed by atoms with Crippen LogP contribution < -0.4 is 20.1 Å². The molecule has 2 aromatic rings. The molecule has 1 fully saturated rings. The molecule has 0 bridgehead atoms. The molecule has 1 unspecified atom stereocenters. The molecule has 1 saturated heterocycles. The van der Waals surface area contributed by atoms with E-state index in [-0.39, 0.29) is 11.8 Å². The summed E-state index contributed by atoms with van der Waals surface area (Å²) in [4.78, 5) is 14.3. The zero-order valence-electron chi connectivity index (χ0n) is 15.4. The Kier molecular flexibility index (Phi) is 5.82. The van der Waals surface area contributed by atoms with E-state index in [9.17, 15) is 4.79 Å². The molecule has 3 rings (SSSR count). The van der Waals surface area contributed by atoms with Crippen molar-refractivity contribution in [2.45, 2.75) is 25.2 Å². The molecule has 6 nitrogen and oxygen atoms in total. The van der Waals surface area contributed by atoms with Crippen LogP contribution in [0.1, 0.15) is 30.7 Å². The van der Waals surface area contributed by atoms with Crippen LogP contribution in [-0.2, 0) is 4.79 Å². The number of benzene rings is 2. The summed E-state index contributed by atoms with van der Waals surface area (Å²) >= 11 is 0. The molecular formula is C21H23N3O3. The predicted molar refractivity (Wildman–Crippen MR) is 104 cm³/mol. The Hall–Kier alpha value is -3.20. The molecule has 6 heteroatoms. The number of hydrogen-bond donors (Lipinski definition) is 1. The molecule has 0 aliphatic carbocycles. The second kappa shape index (κ2) is 8.45. The molecule has 0 aromatic heterocycles. The van der Waals surface area contributed by atoms with Crippen molar-refractivity contribution >= 4 is 17.3 Å². The smallest absolute Gasteiger partial charge is 0.227 e. The van der Waals surface area contributed by atoms with Gasteiger partial charge in [-0.25, -0.2) is 0 Å². The lowest BCUT2D eigenvalue weighted by Crippen LogP contribution is -2.24. The first-order valence-corrected chi connectivity index (χ1v) is 8.96. The number of amides is 1. The normalized spacial score (nSPS) is 16.2. The van der Waals surface area contributed by atoms with Crippen molar-refractivity contribution in [2.24, 2.45) is 0 Å². The highest BCUT2D eigenvalue weighted by molar-refractivity contribution is 5.96. The number of nitrogens with zero attached hydrogens (tertiary/aromatic N) is 2. The van der Waals surface area contributed by atoms with Crippen LogP contribution in [0.15, 0.2) is 42.5 Å². The summed E-state index contributed by atoms with van der Waals surface area (Å²) in [5.41, 5.74) is 8.35. The van der Waals surface area contributed by atoms with Crippen molar-refractivity contribution < 1.29 is 14.3 Å². The van der Waals surface area contributed by atoms with Gasteiger partial charge in [0.25, 0.3) is 0 Å². The number of carbonyl (C=O) groups is 1. The Balaban J connectivity index is 1.76. The standard InChI is InChI=1S/C21H23N3O3/c1-26-19-8-7-15(11-20(19)27-10-3-2-9-22)16-12-21(25)24(14-16)18-6-4-5-17(23)13-18/h4-8,11,13,16H,2-3,10,12,14,23H2,1H3. The van der Waals surface area contributed by atoms with E-state index in [0.717, 1.165) is 11.3 Å². The maximum Gasteiger partial charge on any atom is 0.227 e. The van der Waals surface area contributed by atoms with E-state index < -0.39 is 0 Å². The van der Waals surface area contributed by atoms with E-state index in [1.54, 1.807) is 18.1 Å². The van der Waals surface area contributed by atoms with Crippen LogP contribution in [0.2, 0.25) is 0 Å². The van der Waals surface area contributed by atoms with Gasteiger partial charge in [-0.3, -0.25) is 4.79 Å². The Morgan fingerprint density at radius 1 is 1.26 bits per heavy atom. The minimum absolute atomic E-state index is 0.0753. The van der Waals surface area contributed by atoms with Crippen molar-refractivity contribution in [3.63, 3.8) is 0 Å². The Labute approximate surface area is 159 Å². The molecule has 140 valence electrons. The number of hydrogen-bond acceptors (Lipinski definition) is 5. The molecule has 27 heavy (non-hydrogen) atoms. The van der Waals surface area contributed by atoms with Crippen LogP contribution in [0.4, 0.5) is 11.4 Å². The van der Waals surface area contributed by atoms with Gasteiger partial charge in [-0.1, -0.05) is 12.1 Å². The highest BCUT2D eigenvalue weighted by Gasteiger charge is 2.32. The summed E-state index contributed by atoms with van der Waals surface area (Å²) in [5.74, 6) is 1.44. The second-order valence-electron chi connectivity index (χ2n) is 6.52. The van der Waals surface area contributed by atoms with Crippen molar-refractivity contribution in [2.75, 3.05) is 30.9 Å². The average Bonchev–Trinajstić information content (AvgIpc) is 3.07. The molecule has 1 amide bonds. The molecule has 1 heterocycles. The van der Waals surface area contributed by atoms with Crippen molar-refractivity contribution in [3.8, 4) is 17.6 Å². The fourth-order valence-electron chi connectivity index (χ4n) is 3.27. The van der Waals surface area contributed by atoms with E-state index in [1.165, 1.54) is 0 Å². The topological polar surface area (TPSA) is 88.6 Å². The molecule has 2 N–H and O–H groups in total. The summed E-state index contributed by atoms with van der Waals surface area (Å²) in [7, 11) is 1.60. The van der Waals surface area contributed by atoms with Crippen LogP contribution >= 0.6 is 0 Å². The summed E-state index contributed by atoms with van der Waals surface area (Å²) in [5, 5.41) is 8.64. The molecule has 1 aliphatic rings. The summed E-state index contributed by atoms with van der Waals surface area (Å²) in [6, 6.07) is 15.3. The van der Waals surface area contributed by atoms with Crippen molar-refractivity contribution in [3.05, 3.63) is 48.0 Å². The highest BCUT2D eigenvalue weighted by atomic mass is 16.5. The monoisotopic (exact) mass is 365 g/mol. The van der Waals surface area contributed by atoms with Gasteiger partial charge in [0.1, 0.15) is 0 Å². The third-order valence-electron chi connectivity index (χ3n) is 4.66. The van der Waals surface area contributed by atoms with E-state index in [4.69, 9.17) is 20.5 Å². The number of anilines is 2. The summed E-state index contributed by atoms with van der Waals surface area (Å²) in [6.45, 7) is 1.05. The van der Waals surface area contributed by atoms with E-state index in [2.05, 4.69) is 6.07 Å². The fourth-order valence-corrected chi connectivity index (χ4v) is 3.27. The summed E-state index contributed by atoms with van der Waals surface area (Å²) in [6.07, 6.45) is 1.55. The number of ether oxygens (including phenoxy) is 2. The van der Waals surface area contributed by atoms with Crippen molar-refractivity contribution in [1.29, 1.82) is 5.26 Å². The SMILES string of the molecule is COc1ccc(C2CC(=O)N(c3cccc(N)c3)C2)cc1OCCCC#N. The minimum Gasteiger partial charge on any atom is -0.493 e. The molecule has 2 aromatic carbocycles. The minimum atomic E-state index is 0.0753. The van der Waals surface area contributed by atoms with Crippen LogP contribution in [0.25, 0.3) is 0 Å². The maximum atomic E-state index is 12.5. The van der Waals surface area contributed by atoms with Gasteiger partial charge in [0.05, 0.1) is 19.8 Å². The van der Waals surface area contributed by atoms with Gasteiger partial charge in [0.15, 0.2) is 11.5 Å². The molecule has 0 radical (unpaired) electrons. The van der Waals surface area contributed by atoms with E-state index in [0.29, 0.717) is 49.6 Å². The predicted octanol–water partition coefficient (Wildman–Crippen LogP) is 3.48. The van der Waals surface area contributed by atoms with Crippen molar-refractivity contribution in [1.82, 2.24) is 0 Å². The first kappa shape index (κ1) is 18.6. The van der Waals surface area contributed by atoms with Crippen LogP contribution in [0.5, 0.6) is 11.5 Å². The number of rotatable bonds is 7. The number of nitrogen functional groups attached to an aromatic ring is 1. The van der Waals surface area contributed by atoms with Crippen LogP contribution in [0, 0.1) is 11.3 Å². The van der Waals surface area contributed by atoms with E-state index >= 15 is 0 Å². The number of nitriles is 1. The fraction of sp³-hybridized carbons (Fsp3) is 0.333. The largest absolute Gasteiger partial charge is 0.493 e. The number of unbranched alkanes of at least 4 members (excludes halogenated alkanes) is 1. The molecule has 0 spiro atoms. The van der Waals surface area contributed by atoms with Crippen LogP contribution in [-0.4, -0.2) is 26.2 Å². The molecule has 0 saturated carbocycles. The first-order chi connectivity index (χ1) is 13.1. The van der Waals surface area contributed by atoms with Crippen LogP contribution in [0.3, 0.4) is 0 Å². The first-order valence-electron chi connectivity index (χ1n) is 8.96. The lowest BCUT2D eigenvalue weighted by molar-refractivity contribution is -0.117. The molecule has 1 aliphatic heterocycles. The number of nitrogens with two attached hydrogens (primary N) is 1. The Morgan fingerprint density at radius 2 is 2.11 bits per heavy atom. The van der Waals surface area contributed by atoms with Gasteiger partial charge >= 0.3 is 0 Å². The highest BCUT2D eigenvalue weighted by Crippen LogP contribution is 2.36. The third kappa shape index (κ3) is 4.32. The number of methoxy groups -OCH3 is 1. The average molecular weight is 365 g/mol. The molecular weight excluding hydrogens is 342 g/mol. The number of carbonyl (C=O) groups excluding carboxylic acids is 1. The Morgan fingerprint density at radius 3 is 2.85 bits per heavy atom. The van der Waals surface area contributed by atoms with Gasteiger partial charge in [-0.15, -0.1) is 0 Å². The van der Waals surface area contributed by atoms with Gasteiger partial charge in [-0.2, -0.15) is 5.26 Å². The quantitative estimate of drug-likeness (QED) is 0.599. The van der Waals surface area contributed by atoms with Gasteiger partial charge in [-0.05, 0) is 42.3 Å². The zero-order chi connectivity index (χ0) is 19.2. The van der Waals surface area contributed by atoms with Gasteiger partial charge < -0.3 is 20.1 Å². The zero-order valence-corrected chi connectivity index (χ0v) is 15.4. The molecule has 1 atom stereocenters. The maximum absolute atomic E-state index is 12.5. The van der Waals surface area contributed by atoms with Gasteiger partial charge in [0, 0.05) is 36.7 Å². The third-order valence-corrected chi connectivity index (χ3v) is 4.66. The second-order valence-corrected chi connectivity index (χ2v) is 6.52. The van der Waals surface area contributed by atoms with Gasteiger partial charge in [0.2, 0.25) is 5.91 Å². The van der Waals surface area contributed by atoms with E-state index in [1.807, 2.05) is 36.4 Å². The Bertz CT molecular complexity index is 860. The summed E-state index contributed by atoms with van der Waals surface area (Å²) < 4.78 is 11.2.